The largest absolute Gasteiger partial charge is 0.388 e. The van der Waals surface area contributed by atoms with Crippen molar-refractivity contribution in [2.75, 3.05) is 0 Å². The minimum atomic E-state index is -0.622. The highest BCUT2D eigenvalue weighted by Crippen LogP contribution is 2.27. The van der Waals surface area contributed by atoms with Gasteiger partial charge in [0.25, 0.3) is 0 Å². The van der Waals surface area contributed by atoms with E-state index in [1.165, 1.54) is 6.33 Å². The summed E-state index contributed by atoms with van der Waals surface area (Å²) in [6.45, 7) is 9.59. The predicted molar refractivity (Wildman–Crippen MR) is 50.9 cm³/mol. The summed E-state index contributed by atoms with van der Waals surface area (Å²) >= 11 is 0. The first-order chi connectivity index (χ1) is 5.93. The van der Waals surface area contributed by atoms with Gasteiger partial charge in [-0.05, 0) is 5.41 Å². The Bertz CT molecular complexity index is 284. The number of hydrogen-bond acceptors (Lipinski definition) is 3. The lowest BCUT2D eigenvalue weighted by atomic mass is 9.85. The SMILES string of the molecule is C=C(c1nc[nH]n1)C(O)C(C)(C)C. The summed E-state index contributed by atoms with van der Waals surface area (Å²) in [6.07, 6.45) is 0.846. The van der Waals surface area contributed by atoms with Crippen LogP contribution >= 0.6 is 0 Å². The van der Waals surface area contributed by atoms with E-state index in [4.69, 9.17) is 0 Å². The quantitative estimate of drug-likeness (QED) is 0.721. The van der Waals surface area contributed by atoms with E-state index in [-0.39, 0.29) is 5.41 Å². The van der Waals surface area contributed by atoms with E-state index in [0.29, 0.717) is 11.4 Å². The molecule has 0 aliphatic carbocycles. The average molecular weight is 181 g/mol. The van der Waals surface area contributed by atoms with Crippen LogP contribution in [0.15, 0.2) is 12.9 Å². The van der Waals surface area contributed by atoms with Gasteiger partial charge in [0.15, 0.2) is 5.82 Å². The zero-order valence-electron chi connectivity index (χ0n) is 8.20. The first-order valence-corrected chi connectivity index (χ1v) is 4.16. The van der Waals surface area contributed by atoms with E-state index in [9.17, 15) is 5.11 Å². The number of nitrogens with zero attached hydrogens (tertiary/aromatic N) is 2. The first kappa shape index (κ1) is 9.92. The topological polar surface area (TPSA) is 61.8 Å². The second-order valence-corrected chi connectivity index (χ2v) is 4.12. The molecule has 1 aromatic heterocycles. The fourth-order valence-corrected chi connectivity index (χ4v) is 1.01. The molecule has 0 fully saturated rings. The van der Waals surface area contributed by atoms with Crippen LogP contribution < -0.4 is 0 Å². The van der Waals surface area contributed by atoms with Crippen molar-refractivity contribution in [3.8, 4) is 0 Å². The third-order valence-electron chi connectivity index (χ3n) is 1.85. The lowest BCUT2D eigenvalue weighted by Gasteiger charge is -2.26. The van der Waals surface area contributed by atoms with Crippen LogP contribution in [0.25, 0.3) is 5.57 Å². The fraction of sp³-hybridized carbons (Fsp3) is 0.556. The molecule has 1 rings (SSSR count). The van der Waals surface area contributed by atoms with Gasteiger partial charge >= 0.3 is 0 Å². The van der Waals surface area contributed by atoms with Crippen molar-refractivity contribution < 1.29 is 5.11 Å². The maximum atomic E-state index is 9.83. The number of aliphatic hydroxyl groups is 1. The third-order valence-corrected chi connectivity index (χ3v) is 1.85. The summed E-state index contributed by atoms with van der Waals surface area (Å²) in [4.78, 5) is 3.92. The Balaban J connectivity index is 2.81. The molecular weight excluding hydrogens is 166 g/mol. The minimum Gasteiger partial charge on any atom is -0.388 e. The van der Waals surface area contributed by atoms with Gasteiger partial charge in [-0.15, -0.1) is 0 Å². The monoisotopic (exact) mass is 181 g/mol. The van der Waals surface area contributed by atoms with Gasteiger partial charge in [-0.3, -0.25) is 5.10 Å². The second-order valence-electron chi connectivity index (χ2n) is 4.12. The van der Waals surface area contributed by atoms with Crippen molar-refractivity contribution >= 4 is 5.57 Å². The number of aromatic amines is 1. The molecule has 2 N–H and O–H groups in total. The van der Waals surface area contributed by atoms with Crippen LogP contribution in [0.1, 0.15) is 26.6 Å². The predicted octanol–water partition coefficient (Wildman–Crippen LogP) is 1.22. The summed E-state index contributed by atoms with van der Waals surface area (Å²) in [5.41, 5.74) is 0.311. The lowest BCUT2D eigenvalue weighted by molar-refractivity contribution is 0.114. The molecule has 0 saturated carbocycles. The number of aliphatic hydroxyl groups excluding tert-OH is 1. The summed E-state index contributed by atoms with van der Waals surface area (Å²) in [6, 6.07) is 0. The smallest absolute Gasteiger partial charge is 0.178 e. The van der Waals surface area contributed by atoms with E-state index >= 15 is 0 Å². The average Bonchev–Trinajstić information content (AvgIpc) is 2.51. The molecule has 13 heavy (non-hydrogen) atoms. The molecule has 1 unspecified atom stereocenters. The van der Waals surface area contributed by atoms with Gasteiger partial charge in [0, 0.05) is 5.57 Å². The highest BCUT2D eigenvalue weighted by molar-refractivity contribution is 5.60. The molecular formula is C9H15N3O. The lowest BCUT2D eigenvalue weighted by Crippen LogP contribution is -2.27. The highest BCUT2D eigenvalue weighted by atomic mass is 16.3. The van der Waals surface area contributed by atoms with E-state index in [1.54, 1.807) is 0 Å². The molecule has 0 spiro atoms. The van der Waals surface area contributed by atoms with Crippen LogP contribution in [-0.2, 0) is 0 Å². The summed E-state index contributed by atoms with van der Waals surface area (Å²) in [5.74, 6) is 0.474. The van der Waals surface area contributed by atoms with Gasteiger partial charge in [0.05, 0.1) is 6.10 Å². The Morgan fingerprint density at radius 2 is 2.23 bits per heavy atom. The van der Waals surface area contributed by atoms with Gasteiger partial charge < -0.3 is 5.11 Å². The highest BCUT2D eigenvalue weighted by Gasteiger charge is 2.26. The van der Waals surface area contributed by atoms with Crippen molar-refractivity contribution in [2.45, 2.75) is 26.9 Å². The Kier molecular flexibility index (Phi) is 2.52. The molecule has 0 radical (unpaired) electrons. The molecule has 72 valence electrons. The van der Waals surface area contributed by atoms with Gasteiger partial charge in [0.1, 0.15) is 6.33 Å². The van der Waals surface area contributed by atoms with Gasteiger partial charge in [-0.1, -0.05) is 27.4 Å². The van der Waals surface area contributed by atoms with Crippen molar-refractivity contribution in [2.24, 2.45) is 5.41 Å². The zero-order chi connectivity index (χ0) is 10.1. The number of hydrogen-bond donors (Lipinski definition) is 2. The summed E-state index contributed by atoms with van der Waals surface area (Å²) in [5, 5.41) is 16.3. The van der Waals surface area contributed by atoms with Crippen LogP contribution in [-0.4, -0.2) is 26.4 Å². The van der Waals surface area contributed by atoms with Crippen molar-refractivity contribution in [1.29, 1.82) is 0 Å². The fourth-order valence-electron chi connectivity index (χ4n) is 1.01. The zero-order valence-corrected chi connectivity index (χ0v) is 8.20. The standard InChI is InChI=1S/C9H15N3O/c1-6(7(13)9(2,3)4)8-10-5-11-12-8/h5,7,13H,1H2,2-4H3,(H,10,11,12). The molecule has 0 amide bonds. The maximum Gasteiger partial charge on any atom is 0.178 e. The Labute approximate surface area is 77.7 Å². The van der Waals surface area contributed by atoms with E-state index in [0.717, 1.165) is 0 Å². The molecule has 1 atom stereocenters. The Morgan fingerprint density at radius 1 is 1.62 bits per heavy atom. The third kappa shape index (κ3) is 2.15. The van der Waals surface area contributed by atoms with Crippen LogP contribution in [0.2, 0.25) is 0 Å². The molecule has 1 aromatic rings. The van der Waals surface area contributed by atoms with E-state index in [1.807, 2.05) is 20.8 Å². The van der Waals surface area contributed by atoms with E-state index in [2.05, 4.69) is 21.8 Å². The van der Waals surface area contributed by atoms with Crippen LogP contribution in [0.5, 0.6) is 0 Å². The van der Waals surface area contributed by atoms with E-state index < -0.39 is 6.10 Å². The molecule has 1 heterocycles. The van der Waals surface area contributed by atoms with Crippen LogP contribution in [0.4, 0.5) is 0 Å². The van der Waals surface area contributed by atoms with Crippen molar-refractivity contribution in [3.63, 3.8) is 0 Å². The molecule has 0 saturated heterocycles. The summed E-state index contributed by atoms with van der Waals surface area (Å²) in [7, 11) is 0. The molecule has 0 aliphatic rings. The summed E-state index contributed by atoms with van der Waals surface area (Å²) < 4.78 is 0. The maximum absolute atomic E-state index is 9.83. The molecule has 0 aliphatic heterocycles. The van der Waals surface area contributed by atoms with Gasteiger partial charge in [0.2, 0.25) is 0 Å². The Morgan fingerprint density at radius 3 is 2.62 bits per heavy atom. The molecule has 4 heteroatoms. The van der Waals surface area contributed by atoms with Crippen molar-refractivity contribution in [1.82, 2.24) is 15.2 Å². The number of nitrogens with one attached hydrogen (secondary N) is 1. The van der Waals surface area contributed by atoms with Crippen LogP contribution in [0, 0.1) is 5.41 Å². The molecule has 4 nitrogen and oxygen atoms in total. The Hall–Kier alpha value is -1.16. The second kappa shape index (κ2) is 3.30. The first-order valence-electron chi connectivity index (χ1n) is 4.16. The molecule has 0 bridgehead atoms. The van der Waals surface area contributed by atoms with Gasteiger partial charge in [-0.2, -0.15) is 5.10 Å². The molecule has 0 aromatic carbocycles. The minimum absolute atomic E-state index is 0.238. The normalized spacial score (nSPS) is 14.2. The number of aromatic nitrogens is 3. The number of H-pyrrole nitrogens is 1. The van der Waals surface area contributed by atoms with Crippen molar-refractivity contribution in [3.05, 3.63) is 18.7 Å². The van der Waals surface area contributed by atoms with Crippen LogP contribution in [0.3, 0.4) is 0 Å². The number of rotatable bonds is 2. The van der Waals surface area contributed by atoms with Gasteiger partial charge in [-0.25, -0.2) is 4.98 Å².